The van der Waals surface area contributed by atoms with Crippen molar-refractivity contribution in [3.63, 3.8) is 0 Å². The first-order valence-corrected chi connectivity index (χ1v) is 13.5. The van der Waals surface area contributed by atoms with Crippen molar-refractivity contribution < 1.29 is 45.8 Å². The van der Waals surface area contributed by atoms with E-state index in [1.807, 2.05) is 4.90 Å². The Balaban J connectivity index is 1.34. The highest BCUT2D eigenvalue weighted by Crippen LogP contribution is 2.41. The molecule has 40 heavy (non-hydrogen) atoms. The van der Waals surface area contributed by atoms with Gasteiger partial charge < -0.3 is 14.7 Å². The molecule has 0 aliphatic carbocycles. The minimum absolute atomic E-state index is 0.238. The molecule has 1 atom stereocenters. The number of aliphatic carboxylic acids is 1. The number of halogens is 6. The van der Waals surface area contributed by atoms with E-state index in [1.54, 1.807) is 6.07 Å². The van der Waals surface area contributed by atoms with Crippen molar-refractivity contribution in [2.24, 2.45) is 11.3 Å². The van der Waals surface area contributed by atoms with Crippen molar-refractivity contribution in [3.05, 3.63) is 34.9 Å². The first kappa shape index (κ1) is 30.4. The molecular formula is C27H35F6N3O4. The summed E-state index contributed by atoms with van der Waals surface area (Å²) < 4.78 is 83.9. The third-order valence-electron chi connectivity index (χ3n) is 8.48. The summed E-state index contributed by atoms with van der Waals surface area (Å²) in [6.45, 7) is 4.25. The summed E-state index contributed by atoms with van der Waals surface area (Å²) in [5.74, 6) is -1.26. The van der Waals surface area contributed by atoms with Gasteiger partial charge in [-0.25, -0.2) is 4.79 Å². The largest absolute Gasteiger partial charge is 0.481 e. The highest BCUT2D eigenvalue weighted by molar-refractivity contribution is 5.70. The molecule has 0 bridgehead atoms. The van der Waals surface area contributed by atoms with Gasteiger partial charge in [-0.3, -0.25) is 14.6 Å². The fourth-order valence-corrected chi connectivity index (χ4v) is 5.94. The quantitative estimate of drug-likeness (QED) is 0.457. The number of ether oxygens (including phenoxy) is 1. The van der Waals surface area contributed by atoms with Gasteiger partial charge in [0.15, 0.2) is 6.10 Å². The lowest BCUT2D eigenvalue weighted by atomic mass is 9.77. The number of carboxylic acid groups (broad SMARTS) is 1. The van der Waals surface area contributed by atoms with Crippen LogP contribution in [0.15, 0.2) is 18.2 Å². The van der Waals surface area contributed by atoms with Gasteiger partial charge >= 0.3 is 24.4 Å². The van der Waals surface area contributed by atoms with Gasteiger partial charge in [0.05, 0.1) is 11.5 Å². The first-order chi connectivity index (χ1) is 18.6. The second kappa shape index (κ2) is 11.8. The van der Waals surface area contributed by atoms with E-state index in [0.29, 0.717) is 95.6 Å². The van der Waals surface area contributed by atoms with E-state index in [9.17, 15) is 41.0 Å². The van der Waals surface area contributed by atoms with Crippen LogP contribution in [0.3, 0.4) is 0 Å². The van der Waals surface area contributed by atoms with Gasteiger partial charge in [0.2, 0.25) is 0 Å². The van der Waals surface area contributed by atoms with Crippen molar-refractivity contribution in [2.75, 3.05) is 39.3 Å². The third kappa shape index (κ3) is 7.59. The Morgan fingerprint density at radius 2 is 1.45 bits per heavy atom. The number of piperidine rings is 2. The Morgan fingerprint density at radius 1 is 0.925 bits per heavy atom. The number of carbonyl (C=O) groups excluding carboxylic acids is 1. The Labute approximate surface area is 229 Å². The molecule has 1 spiro atoms. The van der Waals surface area contributed by atoms with Gasteiger partial charge in [-0.2, -0.15) is 26.3 Å². The van der Waals surface area contributed by atoms with Crippen molar-refractivity contribution in [3.8, 4) is 0 Å². The van der Waals surface area contributed by atoms with E-state index in [4.69, 9.17) is 0 Å². The molecular weight excluding hydrogens is 544 g/mol. The van der Waals surface area contributed by atoms with Crippen LogP contribution in [0.5, 0.6) is 0 Å². The van der Waals surface area contributed by atoms with E-state index in [1.165, 1.54) is 11.0 Å². The van der Waals surface area contributed by atoms with Crippen LogP contribution in [-0.4, -0.2) is 83.4 Å². The van der Waals surface area contributed by atoms with Gasteiger partial charge in [0, 0.05) is 26.2 Å². The molecule has 13 heteroatoms. The third-order valence-corrected chi connectivity index (χ3v) is 8.48. The van der Waals surface area contributed by atoms with E-state index >= 15 is 0 Å². The van der Waals surface area contributed by atoms with E-state index in [0.717, 1.165) is 13.0 Å². The highest BCUT2D eigenvalue weighted by atomic mass is 19.4. The molecule has 1 unspecified atom stereocenters. The summed E-state index contributed by atoms with van der Waals surface area (Å²) in [6, 6.07) is 4.10. The molecule has 1 N–H and O–H groups in total. The lowest BCUT2D eigenvalue weighted by molar-refractivity contribution is -0.199. The van der Waals surface area contributed by atoms with Crippen LogP contribution in [0, 0.1) is 11.3 Å². The molecule has 7 nitrogen and oxygen atoms in total. The number of alkyl halides is 6. The summed E-state index contributed by atoms with van der Waals surface area (Å²) in [6.07, 6.45) is -9.37. The van der Waals surface area contributed by atoms with Gasteiger partial charge in [-0.05, 0) is 93.9 Å². The minimum atomic E-state index is -4.63. The molecule has 1 aromatic rings. The average molecular weight is 580 g/mol. The van der Waals surface area contributed by atoms with Gasteiger partial charge in [0.25, 0.3) is 0 Å². The predicted molar refractivity (Wildman–Crippen MR) is 132 cm³/mol. The summed E-state index contributed by atoms with van der Waals surface area (Å²) in [5.41, 5.74) is 0.119. The fraction of sp³-hybridized carbons (Fsp3) is 0.704. The molecule has 4 rings (SSSR count). The molecule has 3 aliphatic rings. The Bertz CT molecular complexity index is 1060. The predicted octanol–water partition coefficient (Wildman–Crippen LogP) is 5.38. The molecule has 224 valence electrons. The number of likely N-dealkylation sites (tertiary alicyclic amines) is 3. The Kier molecular flexibility index (Phi) is 8.94. The SMILES string of the molecule is CC(OC(=O)N1CCC2(CCN(Cc3cc(CN4CCC(C(=O)O)CC4)cc(C(F)(F)F)c3)CC2)C1)C(F)(F)F. The number of benzene rings is 1. The number of hydrogen-bond acceptors (Lipinski definition) is 5. The van der Waals surface area contributed by atoms with Gasteiger partial charge in [-0.1, -0.05) is 6.07 Å². The van der Waals surface area contributed by atoms with Gasteiger partial charge in [-0.15, -0.1) is 0 Å². The lowest BCUT2D eigenvalue weighted by Gasteiger charge is -2.39. The van der Waals surface area contributed by atoms with Crippen LogP contribution in [0.2, 0.25) is 0 Å². The minimum Gasteiger partial charge on any atom is -0.481 e. The first-order valence-electron chi connectivity index (χ1n) is 13.5. The van der Waals surface area contributed by atoms with Crippen molar-refractivity contribution >= 4 is 12.1 Å². The van der Waals surface area contributed by atoms with Gasteiger partial charge in [0.1, 0.15) is 0 Å². The number of hydrogen-bond donors (Lipinski definition) is 1. The van der Waals surface area contributed by atoms with Crippen molar-refractivity contribution in [1.29, 1.82) is 0 Å². The molecule has 0 aromatic heterocycles. The second-order valence-electron chi connectivity index (χ2n) is 11.4. The van der Waals surface area contributed by atoms with Crippen LogP contribution in [0.25, 0.3) is 0 Å². The zero-order valence-corrected chi connectivity index (χ0v) is 22.4. The van der Waals surface area contributed by atoms with E-state index in [2.05, 4.69) is 9.64 Å². The lowest BCUT2D eigenvalue weighted by Crippen LogP contribution is -2.43. The van der Waals surface area contributed by atoms with Crippen LogP contribution in [0.1, 0.15) is 55.7 Å². The number of amides is 1. The monoisotopic (exact) mass is 579 g/mol. The summed E-state index contributed by atoms with van der Waals surface area (Å²) >= 11 is 0. The second-order valence-corrected chi connectivity index (χ2v) is 11.4. The zero-order chi connectivity index (χ0) is 29.3. The Morgan fingerprint density at radius 3 is 1.95 bits per heavy atom. The van der Waals surface area contributed by atoms with Crippen LogP contribution in [0.4, 0.5) is 31.1 Å². The molecule has 3 heterocycles. The molecule has 1 amide bonds. The average Bonchev–Trinajstić information content (AvgIpc) is 3.28. The summed E-state index contributed by atoms with van der Waals surface area (Å²) in [5, 5.41) is 9.19. The van der Waals surface area contributed by atoms with Crippen molar-refractivity contribution in [2.45, 2.75) is 70.6 Å². The maximum atomic E-state index is 13.7. The van der Waals surface area contributed by atoms with Crippen LogP contribution < -0.4 is 0 Å². The number of nitrogens with zero attached hydrogens (tertiary/aromatic N) is 3. The molecule has 0 radical (unpaired) electrons. The fourth-order valence-electron chi connectivity index (χ4n) is 5.94. The number of carbonyl (C=O) groups is 2. The van der Waals surface area contributed by atoms with E-state index in [-0.39, 0.29) is 5.41 Å². The molecule has 3 aliphatic heterocycles. The zero-order valence-electron chi connectivity index (χ0n) is 22.4. The maximum absolute atomic E-state index is 13.7. The summed E-state index contributed by atoms with van der Waals surface area (Å²) in [4.78, 5) is 28.8. The highest BCUT2D eigenvalue weighted by Gasteiger charge is 2.45. The normalized spacial score (nSPS) is 22.0. The smallest absolute Gasteiger partial charge is 0.425 e. The topological polar surface area (TPSA) is 73.3 Å². The standard InChI is InChI=1S/C27H35F6N3O4/c1-18(26(28,29)30)40-24(39)36-11-6-25(17-36)4-9-35(10-5-25)16-20-12-19(13-22(14-20)27(31,32)33)15-34-7-2-21(3-8-34)23(37)38/h12-14,18,21H,2-11,15-17H2,1H3,(H,37,38). The molecule has 3 fully saturated rings. The van der Waals surface area contributed by atoms with Crippen molar-refractivity contribution in [1.82, 2.24) is 14.7 Å². The van der Waals surface area contributed by atoms with Crippen LogP contribution >= 0.6 is 0 Å². The Hall–Kier alpha value is -2.54. The number of rotatable bonds is 6. The molecule has 1 aromatic carbocycles. The summed E-state index contributed by atoms with van der Waals surface area (Å²) in [7, 11) is 0. The van der Waals surface area contributed by atoms with Crippen LogP contribution in [-0.2, 0) is 28.8 Å². The molecule has 3 saturated heterocycles. The maximum Gasteiger partial charge on any atom is 0.425 e. The molecule has 0 saturated carbocycles. The number of carboxylic acids is 1. The van der Waals surface area contributed by atoms with E-state index < -0.39 is 42.0 Å².